The molecule has 140 valence electrons. The van der Waals surface area contributed by atoms with E-state index in [-0.39, 0.29) is 0 Å². The number of methoxy groups -OCH3 is 2. The van der Waals surface area contributed by atoms with Gasteiger partial charge < -0.3 is 19.1 Å². The molecule has 1 unspecified atom stereocenters. The van der Waals surface area contributed by atoms with Crippen molar-refractivity contribution in [2.45, 2.75) is 5.79 Å². The molecule has 1 atom stereocenters. The molecular weight excluding hydrogens is 366 g/mol. The molecule has 0 bridgehead atoms. The number of nitrogens with zero attached hydrogens (tertiary/aromatic N) is 3. The van der Waals surface area contributed by atoms with Crippen molar-refractivity contribution < 1.29 is 14.2 Å². The zero-order valence-corrected chi connectivity index (χ0v) is 15.9. The molecule has 1 fully saturated rings. The summed E-state index contributed by atoms with van der Waals surface area (Å²) in [6.07, 6.45) is 1.57. The molecule has 0 radical (unpaired) electrons. The Kier molecular flexibility index (Phi) is 4.86. The van der Waals surface area contributed by atoms with Gasteiger partial charge in [-0.2, -0.15) is 0 Å². The second kappa shape index (κ2) is 7.31. The molecule has 2 aromatic carbocycles. The van der Waals surface area contributed by atoms with Gasteiger partial charge in [0.2, 0.25) is 5.79 Å². The van der Waals surface area contributed by atoms with Crippen LogP contribution in [0.4, 0.5) is 5.82 Å². The van der Waals surface area contributed by atoms with Gasteiger partial charge in [0.1, 0.15) is 17.9 Å². The van der Waals surface area contributed by atoms with Gasteiger partial charge >= 0.3 is 0 Å². The van der Waals surface area contributed by atoms with Crippen molar-refractivity contribution in [2.24, 2.45) is 0 Å². The van der Waals surface area contributed by atoms with Crippen molar-refractivity contribution in [3.05, 3.63) is 59.4 Å². The average Bonchev–Trinajstić information content (AvgIpc) is 2.73. The fourth-order valence-corrected chi connectivity index (χ4v) is 3.72. The second-order valence-electron chi connectivity index (χ2n) is 6.29. The van der Waals surface area contributed by atoms with E-state index in [2.05, 4.69) is 14.9 Å². The standard InChI is InChI=1S/C20H20ClN3O3/c1-25-14-7-8-18-15(11-14)19(23-13-22-18)24-9-10-27-20(12-24,26-2)16-5-3-4-6-17(16)21/h3-8,11,13H,9-10,12H2,1-2H3. The molecule has 1 aromatic heterocycles. The third-order valence-electron chi connectivity index (χ3n) is 4.83. The lowest BCUT2D eigenvalue weighted by Crippen LogP contribution is -2.51. The van der Waals surface area contributed by atoms with Crippen molar-refractivity contribution in [1.29, 1.82) is 0 Å². The molecule has 1 aliphatic rings. The van der Waals surface area contributed by atoms with Crippen LogP contribution in [0.3, 0.4) is 0 Å². The fraction of sp³-hybridized carbons (Fsp3) is 0.300. The summed E-state index contributed by atoms with van der Waals surface area (Å²) in [6.45, 7) is 1.62. The predicted octanol–water partition coefficient (Wildman–Crippen LogP) is 3.63. The van der Waals surface area contributed by atoms with Gasteiger partial charge in [0.05, 0.1) is 25.8 Å². The summed E-state index contributed by atoms with van der Waals surface area (Å²) in [5.74, 6) is 0.610. The molecule has 0 aliphatic carbocycles. The van der Waals surface area contributed by atoms with Gasteiger partial charge in [0.25, 0.3) is 0 Å². The quantitative estimate of drug-likeness (QED) is 0.683. The normalized spacial score (nSPS) is 20.0. The number of morpholine rings is 1. The first-order valence-corrected chi connectivity index (χ1v) is 9.02. The summed E-state index contributed by atoms with van der Waals surface area (Å²) in [5.41, 5.74) is 1.66. The van der Waals surface area contributed by atoms with Crippen LogP contribution in [0, 0.1) is 0 Å². The number of hydrogen-bond donors (Lipinski definition) is 0. The number of hydrogen-bond acceptors (Lipinski definition) is 6. The van der Waals surface area contributed by atoms with E-state index in [1.165, 1.54) is 0 Å². The molecule has 0 saturated carbocycles. The van der Waals surface area contributed by atoms with Gasteiger partial charge in [-0.25, -0.2) is 9.97 Å². The molecule has 4 rings (SSSR count). The van der Waals surface area contributed by atoms with E-state index in [1.54, 1.807) is 20.5 Å². The number of benzene rings is 2. The first-order chi connectivity index (χ1) is 13.2. The molecule has 0 spiro atoms. The van der Waals surface area contributed by atoms with E-state index in [1.807, 2.05) is 42.5 Å². The highest BCUT2D eigenvalue weighted by Crippen LogP contribution is 2.37. The van der Waals surface area contributed by atoms with Crippen molar-refractivity contribution in [2.75, 3.05) is 38.8 Å². The van der Waals surface area contributed by atoms with Crippen LogP contribution in [0.15, 0.2) is 48.8 Å². The highest BCUT2D eigenvalue weighted by atomic mass is 35.5. The van der Waals surface area contributed by atoms with E-state index in [0.717, 1.165) is 28.0 Å². The van der Waals surface area contributed by atoms with Gasteiger partial charge in [-0.15, -0.1) is 0 Å². The molecule has 7 heteroatoms. The van der Waals surface area contributed by atoms with Gasteiger partial charge in [-0.05, 0) is 24.3 Å². The monoisotopic (exact) mass is 385 g/mol. The van der Waals surface area contributed by atoms with Gasteiger partial charge in [0, 0.05) is 29.6 Å². The lowest BCUT2D eigenvalue weighted by atomic mass is 10.0. The first kappa shape index (κ1) is 18.0. The minimum atomic E-state index is -0.966. The molecule has 0 amide bonds. The number of ether oxygens (including phenoxy) is 3. The van der Waals surface area contributed by atoms with Crippen LogP contribution in [0.25, 0.3) is 10.9 Å². The fourth-order valence-electron chi connectivity index (χ4n) is 3.45. The van der Waals surface area contributed by atoms with Gasteiger partial charge in [-0.3, -0.25) is 0 Å². The third-order valence-corrected chi connectivity index (χ3v) is 5.16. The maximum Gasteiger partial charge on any atom is 0.214 e. The lowest BCUT2D eigenvalue weighted by Gasteiger charge is -2.42. The van der Waals surface area contributed by atoms with Crippen LogP contribution in [0.5, 0.6) is 5.75 Å². The second-order valence-corrected chi connectivity index (χ2v) is 6.69. The topological polar surface area (TPSA) is 56.7 Å². The summed E-state index contributed by atoms with van der Waals surface area (Å²) < 4.78 is 17.3. The Morgan fingerprint density at radius 1 is 1.15 bits per heavy atom. The molecule has 0 N–H and O–H groups in total. The molecule has 6 nitrogen and oxygen atoms in total. The number of fused-ring (bicyclic) bond motifs is 1. The predicted molar refractivity (Wildman–Crippen MR) is 104 cm³/mol. The van der Waals surface area contributed by atoms with Gasteiger partial charge in [0.15, 0.2) is 0 Å². The first-order valence-electron chi connectivity index (χ1n) is 8.65. The van der Waals surface area contributed by atoms with Crippen LogP contribution in [0.1, 0.15) is 5.56 Å². The zero-order chi connectivity index (χ0) is 18.9. The third kappa shape index (κ3) is 3.20. The Labute approximate surface area is 162 Å². The Morgan fingerprint density at radius 3 is 2.78 bits per heavy atom. The summed E-state index contributed by atoms with van der Waals surface area (Å²) in [7, 11) is 3.28. The summed E-state index contributed by atoms with van der Waals surface area (Å²) >= 11 is 6.43. The summed E-state index contributed by atoms with van der Waals surface area (Å²) in [5, 5.41) is 1.53. The Morgan fingerprint density at radius 2 is 2.00 bits per heavy atom. The number of aromatic nitrogens is 2. The Balaban J connectivity index is 1.77. The van der Waals surface area contributed by atoms with E-state index >= 15 is 0 Å². The van der Waals surface area contributed by atoms with Crippen molar-refractivity contribution in [3.8, 4) is 5.75 Å². The summed E-state index contributed by atoms with van der Waals surface area (Å²) in [6, 6.07) is 13.3. The number of halogens is 1. The van der Waals surface area contributed by atoms with E-state index in [0.29, 0.717) is 24.7 Å². The zero-order valence-electron chi connectivity index (χ0n) is 15.2. The maximum absolute atomic E-state index is 6.43. The van der Waals surface area contributed by atoms with Crippen LogP contribution < -0.4 is 9.64 Å². The molecule has 27 heavy (non-hydrogen) atoms. The van der Waals surface area contributed by atoms with E-state index in [9.17, 15) is 0 Å². The SMILES string of the molecule is COc1ccc2ncnc(N3CCOC(OC)(c4ccccc4Cl)C3)c2c1. The molecule has 1 saturated heterocycles. The minimum absolute atomic E-state index is 0.455. The number of rotatable bonds is 4. The molecule has 3 aromatic rings. The maximum atomic E-state index is 6.43. The molecule has 1 aliphatic heterocycles. The summed E-state index contributed by atoms with van der Waals surface area (Å²) in [4.78, 5) is 11.0. The smallest absolute Gasteiger partial charge is 0.214 e. The lowest BCUT2D eigenvalue weighted by molar-refractivity contribution is -0.235. The van der Waals surface area contributed by atoms with Crippen molar-refractivity contribution in [1.82, 2.24) is 9.97 Å². The van der Waals surface area contributed by atoms with Crippen molar-refractivity contribution >= 4 is 28.3 Å². The van der Waals surface area contributed by atoms with E-state index < -0.39 is 5.79 Å². The highest BCUT2D eigenvalue weighted by molar-refractivity contribution is 6.31. The van der Waals surface area contributed by atoms with E-state index in [4.69, 9.17) is 25.8 Å². The van der Waals surface area contributed by atoms with Gasteiger partial charge in [-0.1, -0.05) is 29.8 Å². The largest absolute Gasteiger partial charge is 0.497 e. The Bertz CT molecular complexity index is 968. The van der Waals surface area contributed by atoms with Crippen LogP contribution in [-0.4, -0.2) is 43.9 Å². The molecule has 2 heterocycles. The highest BCUT2D eigenvalue weighted by Gasteiger charge is 2.41. The average molecular weight is 386 g/mol. The molecular formula is C20H20ClN3O3. The van der Waals surface area contributed by atoms with Crippen LogP contribution in [-0.2, 0) is 15.3 Å². The number of anilines is 1. The minimum Gasteiger partial charge on any atom is -0.497 e. The van der Waals surface area contributed by atoms with Crippen molar-refractivity contribution in [3.63, 3.8) is 0 Å². The van der Waals surface area contributed by atoms with Crippen LogP contribution in [0.2, 0.25) is 5.02 Å². The Hall–Kier alpha value is -2.41. The van der Waals surface area contributed by atoms with Crippen LogP contribution >= 0.6 is 11.6 Å².